The van der Waals surface area contributed by atoms with Crippen LogP contribution >= 0.6 is 23.1 Å². The Morgan fingerprint density at radius 3 is 2.77 bits per heavy atom. The van der Waals surface area contributed by atoms with Crippen LogP contribution in [0.4, 0.5) is 0 Å². The number of thiazole rings is 1. The van der Waals surface area contributed by atoms with Crippen molar-refractivity contribution in [2.45, 2.75) is 23.8 Å². The molecule has 2 aromatic heterocycles. The summed E-state index contributed by atoms with van der Waals surface area (Å²) in [7, 11) is 3.54. The molecule has 0 saturated heterocycles. The molecule has 0 aliphatic heterocycles. The van der Waals surface area contributed by atoms with Crippen LogP contribution in [0.15, 0.2) is 34.8 Å². The molecule has 0 fully saturated rings. The van der Waals surface area contributed by atoms with Gasteiger partial charge in [-0.1, -0.05) is 11.8 Å². The van der Waals surface area contributed by atoms with Crippen molar-refractivity contribution in [3.8, 4) is 16.3 Å². The Bertz CT molecular complexity index is 889. The molecular formula is C17H19N5O2S2. The monoisotopic (exact) mass is 389 g/mol. The van der Waals surface area contributed by atoms with Gasteiger partial charge in [-0.05, 0) is 24.3 Å². The number of primary amides is 1. The van der Waals surface area contributed by atoms with Gasteiger partial charge < -0.3 is 15.0 Å². The Labute approximate surface area is 159 Å². The quantitative estimate of drug-likeness (QED) is 0.595. The van der Waals surface area contributed by atoms with Gasteiger partial charge in [0.05, 0.1) is 12.8 Å². The first kappa shape index (κ1) is 18.4. The highest BCUT2D eigenvalue weighted by molar-refractivity contribution is 7.98. The molecule has 0 atom stereocenters. The molecule has 136 valence electrons. The summed E-state index contributed by atoms with van der Waals surface area (Å²) in [4.78, 5) is 15.6. The summed E-state index contributed by atoms with van der Waals surface area (Å²) in [6.45, 7) is 0. The van der Waals surface area contributed by atoms with Crippen molar-refractivity contribution in [2.75, 3.05) is 7.11 Å². The number of nitrogens with zero attached hydrogens (tertiary/aromatic N) is 4. The topological polar surface area (TPSA) is 95.9 Å². The number of amides is 1. The minimum atomic E-state index is -0.337. The normalized spacial score (nSPS) is 10.8. The summed E-state index contributed by atoms with van der Waals surface area (Å²) < 4.78 is 7.07. The van der Waals surface area contributed by atoms with Gasteiger partial charge in [-0.2, -0.15) is 0 Å². The predicted molar refractivity (Wildman–Crippen MR) is 102 cm³/mol. The third kappa shape index (κ3) is 4.41. The number of benzene rings is 1. The van der Waals surface area contributed by atoms with E-state index >= 15 is 0 Å². The minimum absolute atomic E-state index is 0.272. The molecule has 0 spiro atoms. The number of aryl methyl sites for hydroxylation is 1. The lowest BCUT2D eigenvalue weighted by atomic mass is 10.2. The highest BCUT2D eigenvalue weighted by Gasteiger charge is 2.12. The standard InChI is InChI=1S/C17H19N5O2S2/c1-22-15(8-7-14(18)23)20-21-17(22)26-10-12-9-25-16(19-12)11-3-5-13(24-2)6-4-11/h3-6,9H,7-8,10H2,1-2H3,(H2,18,23). The average molecular weight is 390 g/mol. The maximum absolute atomic E-state index is 10.9. The lowest BCUT2D eigenvalue weighted by Gasteiger charge is -2.02. The summed E-state index contributed by atoms with van der Waals surface area (Å²) >= 11 is 3.18. The molecule has 0 saturated carbocycles. The smallest absolute Gasteiger partial charge is 0.217 e. The van der Waals surface area contributed by atoms with E-state index in [-0.39, 0.29) is 12.3 Å². The molecule has 0 aliphatic rings. The van der Waals surface area contributed by atoms with Gasteiger partial charge in [0.1, 0.15) is 16.6 Å². The fourth-order valence-corrected chi connectivity index (χ4v) is 4.06. The van der Waals surface area contributed by atoms with Crippen molar-refractivity contribution < 1.29 is 9.53 Å². The van der Waals surface area contributed by atoms with Gasteiger partial charge in [-0.25, -0.2) is 4.98 Å². The molecule has 3 aromatic rings. The van der Waals surface area contributed by atoms with Crippen LogP contribution in [0.2, 0.25) is 0 Å². The molecule has 26 heavy (non-hydrogen) atoms. The largest absolute Gasteiger partial charge is 0.497 e. The second kappa shape index (κ2) is 8.33. The van der Waals surface area contributed by atoms with E-state index in [4.69, 9.17) is 10.5 Å². The van der Waals surface area contributed by atoms with E-state index in [1.807, 2.05) is 35.9 Å². The van der Waals surface area contributed by atoms with Crippen molar-refractivity contribution >= 4 is 29.0 Å². The second-order valence-corrected chi connectivity index (χ2v) is 7.39. The van der Waals surface area contributed by atoms with E-state index < -0.39 is 0 Å². The first-order valence-electron chi connectivity index (χ1n) is 7.95. The van der Waals surface area contributed by atoms with Gasteiger partial charge >= 0.3 is 0 Å². The summed E-state index contributed by atoms with van der Waals surface area (Å²) in [5.74, 6) is 1.95. The summed E-state index contributed by atoms with van der Waals surface area (Å²) in [5, 5.41) is 12.1. The molecule has 0 bridgehead atoms. The third-order valence-corrected chi connectivity index (χ3v) is 5.75. The van der Waals surface area contributed by atoms with E-state index in [2.05, 4.69) is 20.6 Å². The van der Waals surface area contributed by atoms with E-state index in [1.165, 1.54) is 0 Å². The lowest BCUT2D eigenvalue weighted by Crippen LogP contribution is -2.12. The van der Waals surface area contributed by atoms with Crippen LogP contribution in [-0.2, 0) is 24.0 Å². The zero-order valence-electron chi connectivity index (χ0n) is 14.5. The zero-order valence-corrected chi connectivity index (χ0v) is 16.1. The summed E-state index contributed by atoms with van der Waals surface area (Å²) in [5.41, 5.74) is 7.24. The van der Waals surface area contributed by atoms with Crippen LogP contribution in [0.5, 0.6) is 5.75 Å². The van der Waals surface area contributed by atoms with E-state index in [1.54, 1.807) is 30.2 Å². The van der Waals surface area contributed by atoms with Gasteiger partial charge in [0.2, 0.25) is 5.91 Å². The zero-order chi connectivity index (χ0) is 18.5. The SMILES string of the molecule is COc1ccc(-c2nc(CSc3nnc(CCC(N)=O)n3C)cs2)cc1. The van der Waals surface area contributed by atoms with Crippen LogP contribution in [0, 0.1) is 0 Å². The molecule has 9 heteroatoms. The Hall–Kier alpha value is -2.39. The fraction of sp³-hybridized carbons (Fsp3) is 0.294. The number of aromatic nitrogens is 4. The van der Waals surface area contributed by atoms with Gasteiger partial charge in [-0.3, -0.25) is 4.79 Å². The Balaban J connectivity index is 1.62. The number of carbonyl (C=O) groups excluding carboxylic acids is 1. The maximum atomic E-state index is 10.9. The van der Waals surface area contributed by atoms with Gasteiger partial charge in [0.15, 0.2) is 5.16 Å². The van der Waals surface area contributed by atoms with Crippen LogP contribution in [0.25, 0.3) is 10.6 Å². The van der Waals surface area contributed by atoms with E-state index in [0.29, 0.717) is 12.2 Å². The van der Waals surface area contributed by atoms with E-state index in [9.17, 15) is 4.79 Å². The Morgan fingerprint density at radius 1 is 1.31 bits per heavy atom. The number of ether oxygens (including phenoxy) is 1. The minimum Gasteiger partial charge on any atom is -0.497 e. The highest BCUT2D eigenvalue weighted by Crippen LogP contribution is 2.28. The van der Waals surface area contributed by atoms with Crippen LogP contribution in [0.3, 0.4) is 0 Å². The number of thioether (sulfide) groups is 1. The van der Waals surface area contributed by atoms with Crippen molar-refractivity contribution in [3.63, 3.8) is 0 Å². The number of methoxy groups -OCH3 is 1. The van der Waals surface area contributed by atoms with Gasteiger partial charge in [0, 0.05) is 36.6 Å². The first-order chi connectivity index (χ1) is 12.6. The maximum Gasteiger partial charge on any atom is 0.217 e. The number of carbonyl (C=O) groups is 1. The molecule has 2 N–H and O–H groups in total. The van der Waals surface area contributed by atoms with Crippen LogP contribution < -0.4 is 10.5 Å². The molecule has 2 heterocycles. The summed E-state index contributed by atoms with van der Waals surface area (Å²) in [6.07, 6.45) is 0.770. The lowest BCUT2D eigenvalue weighted by molar-refractivity contribution is -0.118. The van der Waals surface area contributed by atoms with Crippen molar-refractivity contribution in [1.82, 2.24) is 19.7 Å². The Kier molecular flexibility index (Phi) is 5.89. The van der Waals surface area contributed by atoms with Crippen LogP contribution in [-0.4, -0.2) is 32.8 Å². The molecule has 1 aromatic carbocycles. The molecule has 0 radical (unpaired) electrons. The fourth-order valence-electron chi connectivity index (χ4n) is 2.30. The molecule has 1 amide bonds. The number of hydrogen-bond acceptors (Lipinski definition) is 7. The van der Waals surface area contributed by atoms with Crippen molar-refractivity contribution in [3.05, 3.63) is 41.2 Å². The second-order valence-electron chi connectivity index (χ2n) is 5.59. The van der Waals surface area contributed by atoms with Crippen LogP contribution in [0.1, 0.15) is 17.9 Å². The first-order valence-corrected chi connectivity index (χ1v) is 9.81. The number of nitrogens with two attached hydrogens (primary N) is 1. The van der Waals surface area contributed by atoms with Crippen molar-refractivity contribution in [2.24, 2.45) is 12.8 Å². The van der Waals surface area contributed by atoms with E-state index in [0.717, 1.165) is 33.0 Å². The number of hydrogen-bond donors (Lipinski definition) is 1. The molecule has 3 rings (SSSR count). The van der Waals surface area contributed by atoms with Crippen molar-refractivity contribution in [1.29, 1.82) is 0 Å². The van der Waals surface area contributed by atoms with Gasteiger partial charge in [0.25, 0.3) is 0 Å². The third-order valence-electron chi connectivity index (χ3n) is 3.76. The molecular weight excluding hydrogens is 370 g/mol. The molecule has 7 nitrogen and oxygen atoms in total. The Morgan fingerprint density at radius 2 is 2.08 bits per heavy atom. The highest BCUT2D eigenvalue weighted by atomic mass is 32.2. The average Bonchev–Trinajstić information content (AvgIpc) is 3.25. The van der Waals surface area contributed by atoms with Gasteiger partial charge in [-0.15, -0.1) is 21.5 Å². The molecule has 0 unspecified atom stereocenters. The molecule has 0 aliphatic carbocycles. The predicted octanol–water partition coefficient (Wildman–Crippen LogP) is 2.66. The summed E-state index contributed by atoms with van der Waals surface area (Å²) in [6, 6.07) is 7.86. The number of rotatable bonds is 8.